The fourth-order valence-electron chi connectivity index (χ4n) is 2.69. The van der Waals surface area contributed by atoms with Crippen LogP contribution in [0.15, 0.2) is 24.3 Å². The first-order chi connectivity index (χ1) is 9.91. The zero-order valence-electron chi connectivity index (χ0n) is 10.9. The fraction of sp³-hybridized carbons (Fsp3) is 0.357. The van der Waals surface area contributed by atoms with Crippen LogP contribution in [0.1, 0.15) is 16.9 Å². The van der Waals surface area contributed by atoms with Crippen molar-refractivity contribution in [2.24, 2.45) is 0 Å². The first-order valence-electron chi connectivity index (χ1n) is 6.48. The number of likely N-dealkylation sites (tertiary alicyclic amines) is 1. The molecule has 1 amide bonds. The van der Waals surface area contributed by atoms with Gasteiger partial charge in [-0.1, -0.05) is 6.07 Å². The van der Waals surface area contributed by atoms with Gasteiger partial charge in [-0.2, -0.15) is 0 Å². The molecular weight excluding hydrogens is 285 g/mol. The van der Waals surface area contributed by atoms with Crippen LogP contribution in [-0.4, -0.2) is 46.0 Å². The van der Waals surface area contributed by atoms with Crippen LogP contribution >= 0.6 is 0 Å². The van der Waals surface area contributed by atoms with Crippen LogP contribution in [-0.2, 0) is 0 Å². The van der Waals surface area contributed by atoms with Crippen molar-refractivity contribution in [1.82, 2.24) is 9.88 Å². The molecule has 1 fully saturated rings. The summed E-state index contributed by atoms with van der Waals surface area (Å²) >= 11 is 0. The zero-order chi connectivity index (χ0) is 15.2. The summed E-state index contributed by atoms with van der Waals surface area (Å²) in [7, 11) is 0. The molecule has 1 saturated heterocycles. The number of carbonyl (C=O) groups is 1. The molecule has 2 aromatic rings. The summed E-state index contributed by atoms with van der Waals surface area (Å²) in [4.78, 5) is 16.0. The van der Waals surface area contributed by atoms with Gasteiger partial charge in [-0.3, -0.25) is 4.79 Å². The molecule has 0 bridgehead atoms. The number of nitrogens with one attached hydrogen (secondary N) is 1. The highest BCUT2D eigenvalue weighted by Gasteiger charge is 2.47. The molecule has 0 radical (unpaired) electrons. The highest BCUT2D eigenvalue weighted by molar-refractivity contribution is 5.98. The first-order valence-corrected chi connectivity index (χ1v) is 6.48. The van der Waals surface area contributed by atoms with E-state index in [4.69, 9.17) is 5.11 Å². The van der Waals surface area contributed by atoms with Gasteiger partial charge in [-0.05, 0) is 18.2 Å². The van der Waals surface area contributed by atoms with Gasteiger partial charge < -0.3 is 15.0 Å². The number of amides is 1. The Hall–Kier alpha value is -2.02. The van der Waals surface area contributed by atoms with E-state index < -0.39 is 43.3 Å². The van der Waals surface area contributed by atoms with Gasteiger partial charge in [0.25, 0.3) is 11.8 Å². The van der Waals surface area contributed by atoms with Crippen molar-refractivity contribution in [2.75, 3.05) is 13.2 Å². The predicted molar refractivity (Wildman–Crippen MR) is 69.7 cm³/mol. The van der Waals surface area contributed by atoms with Crippen molar-refractivity contribution in [1.29, 1.82) is 0 Å². The van der Waals surface area contributed by atoms with E-state index in [-0.39, 0.29) is 11.1 Å². The number of aliphatic hydroxyl groups excluding tert-OH is 1. The number of rotatable bonds is 2. The molecule has 2 N–H and O–H groups in total. The average Bonchev–Trinajstić information content (AvgIpc) is 2.99. The SMILES string of the molecule is O=C(c1cc2c(F)cccc2[nH]1)N1CC(F)(F)CC1CO. The van der Waals surface area contributed by atoms with E-state index in [2.05, 4.69) is 4.98 Å². The minimum atomic E-state index is -3.01. The maximum atomic E-state index is 13.6. The molecule has 0 spiro atoms. The van der Waals surface area contributed by atoms with Crippen LogP contribution in [0.4, 0.5) is 13.2 Å². The number of aromatic amines is 1. The lowest BCUT2D eigenvalue weighted by Crippen LogP contribution is -2.38. The first kappa shape index (κ1) is 13.9. The number of H-pyrrole nitrogens is 1. The summed E-state index contributed by atoms with van der Waals surface area (Å²) in [5.74, 6) is -4.17. The van der Waals surface area contributed by atoms with E-state index in [0.29, 0.717) is 5.52 Å². The molecule has 3 rings (SSSR count). The number of carbonyl (C=O) groups excluding carboxylic acids is 1. The third-order valence-electron chi connectivity index (χ3n) is 3.69. The third-order valence-corrected chi connectivity index (χ3v) is 3.69. The lowest BCUT2D eigenvalue weighted by atomic mass is 10.2. The number of aromatic nitrogens is 1. The molecule has 1 aromatic carbocycles. The second-order valence-corrected chi connectivity index (χ2v) is 5.21. The van der Waals surface area contributed by atoms with Crippen LogP contribution in [0.3, 0.4) is 0 Å². The van der Waals surface area contributed by atoms with Crippen LogP contribution in [0, 0.1) is 5.82 Å². The van der Waals surface area contributed by atoms with E-state index >= 15 is 0 Å². The van der Waals surface area contributed by atoms with Gasteiger partial charge >= 0.3 is 0 Å². The van der Waals surface area contributed by atoms with Crippen LogP contribution in [0.25, 0.3) is 10.9 Å². The molecule has 4 nitrogen and oxygen atoms in total. The van der Waals surface area contributed by atoms with Crippen molar-refractivity contribution >= 4 is 16.8 Å². The lowest BCUT2D eigenvalue weighted by molar-refractivity contribution is 0.0115. The van der Waals surface area contributed by atoms with Gasteiger partial charge in [0.1, 0.15) is 11.5 Å². The molecule has 1 aliphatic rings. The summed E-state index contributed by atoms with van der Waals surface area (Å²) in [5, 5.41) is 9.38. The Morgan fingerprint density at radius 1 is 1.48 bits per heavy atom. The highest BCUT2D eigenvalue weighted by atomic mass is 19.3. The number of benzene rings is 1. The summed E-state index contributed by atoms with van der Waals surface area (Å²) in [5.41, 5.74) is 0.455. The van der Waals surface area contributed by atoms with E-state index in [1.165, 1.54) is 18.2 Å². The summed E-state index contributed by atoms with van der Waals surface area (Å²) < 4.78 is 40.4. The van der Waals surface area contributed by atoms with Crippen molar-refractivity contribution in [3.05, 3.63) is 35.8 Å². The quantitative estimate of drug-likeness (QED) is 0.892. The minimum absolute atomic E-state index is 0.0336. The molecule has 1 atom stereocenters. The standard InChI is InChI=1S/C14H13F3N2O2/c15-10-2-1-3-11-9(10)4-12(18-11)13(21)19-7-14(16,17)5-8(19)6-20/h1-4,8,18,20H,5-7H2. The van der Waals surface area contributed by atoms with Gasteiger partial charge in [0.2, 0.25) is 0 Å². The minimum Gasteiger partial charge on any atom is -0.394 e. The van der Waals surface area contributed by atoms with Crippen molar-refractivity contribution in [2.45, 2.75) is 18.4 Å². The van der Waals surface area contributed by atoms with Crippen molar-refractivity contribution in [3.8, 4) is 0 Å². The maximum Gasteiger partial charge on any atom is 0.270 e. The second-order valence-electron chi connectivity index (χ2n) is 5.21. The fourth-order valence-corrected chi connectivity index (χ4v) is 2.69. The van der Waals surface area contributed by atoms with Gasteiger partial charge in [0, 0.05) is 17.3 Å². The molecule has 21 heavy (non-hydrogen) atoms. The van der Waals surface area contributed by atoms with Gasteiger partial charge in [0.05, 0.1) is 19.2 Å². The molecule has 1 unspecified atom stereocenters. The Labute approximate surface area is 118 Å². The van der Waals surface area contributed by atoms with Gasteiger partial charge in [-0.15, -0.1) is 0 Å². The second kappa shape index (κ2) is 4.77. The Kier molecular flexibility index (Phi) is 3.16. The molecular formula is C14H13F3N2O2. The largest absolute Gasteiger partial charge is 0.394 e. The molecule has 2 heterocycles. The van der Waals surface area contributed by atoms with Crippen molar-refractivity contribution < 1.29 is 23.1 Å². The maximum absolute atomic E-state index is 13.6. The number of alkyl halides is 2. The van der Waals surface area contributed by atoms with Crippen LogP contribution in [0.2, 0.25) is 0 Å². The summed E-state index contributed by atoms with van der Waals surface area (Å²) in [6, 6.07) is 4.71. The number of halogens is 3. The summed E-state index contributed by atoms with van der Waals surface area (Å²) in [6.45, 7) is -1.27. The number of fused-ring (bicyclic) bond motifs is 1. The Morgan fingerprint density at radius 3 is 2.90 bits per heavy atom. The third kappa shape index (κ3) is 2.37. The zero-order valence-corrected chi connectivity index (χ0v) is 10.9. The van der Waals surface area contributed by atoms with Gasteiger partial charge in [-0.25, -0.2) is 13.2 Å². The average molecular weight is 298 g/mol. The Morgan fingerprint density at radius 2 is 2.24 bits per heavy atom. The molecule has 0 aliphatic carbocycles. The molecule has 112 valence electrons. The molecule has 1 aromatic heterocycles. The van der Waals surface area contributed by atoms with E-state index in [1.54, 1.807) is 6.07 Å². The van der Waals surface area contributed by atoms with E-state index in [9.17, 15) is 18.0 Å². The molecule has 0 saturated carbocycles. The van der Waals surface area contributed by atoms with Gasteiger partial charge in [0.15, 0.2) is 0 Å². The Bertz CT molecular complexity index is 699. The van der Waals surface area contributed by atoms with Crippen LogP contribution < -0.4 is 0 Å². The number of nitrogens with zero attached hydrogens (tertiary/aromatic N) is 1. The molecule has 7 heteroatoms. The molecule has 1 aliphatic heterocycles. The monoisotopic (exact) mass is 298 g/mol. The van der Waals surface area contributed by atoms with Crippen LogP contribution in [0.5, 0.6) is 0 Å². The number of hydrogen-bond acceptors (Lipinski definition) is 2. The highest BCUT2D eigenvalue weighted by Crippen LogP contribution is 2.33. The topological polar surface area (TPSA) is 56.3 Å². The number of hydrogen-bond donors (Lipinski definition) is 2. The smallest absolute Gasteiger partial charge is 0.270 e. The summed E-state index contributed by atoms with van der Waals surface area (Å²) in [6.07, 6.45) is -0.566. The van der Waals surface area contributed by atoms with E-state index in [1.807, 2.05) is 0 Å². The lowest BCUT2D eigenvalue weighted by Gasteiger charge is -2.21. The Balaban J connectivity index is 1.95. The van der Waals surface area contributed by atoms with E-state index in [0.717, 1.165) is 4.90 Å². The normalized spacial score (nSPS) is 21.1. The number of aliphatic hydroxyl groups is 1. The predicted octanol–water partition coefficient (Wildman–Crippen LogP) is 2.15. The van der Waals surface area contributed by atoms with Crippen molar-refractivity contribution in [3.63, 3.8) is 0 Å².